The van der Waals surface area contributed by atoms with Gasteiger partial charge in [-0.05, 0) is 217 Å². The van der Waals surface area contributed by atoms with E-state index in [-0.39, 0.29) is 46.3 Å². The van der Waals surface area contributed by atoms with Crippen LogP contribution in [-0.4, -0.2) is 30.6 Å². The molecule has 4 atom stereocenters. The van der Waals surface area contributed by atoms with Crippen molar-refractivity contribution in [2.75, 3.05) is 0 Å². The summed E-state index contributed by atoms with van der Waals surface area (Å²) in [6.45, 7) is 9.14. The van der Waals surface area contributed by atoms with Gasteiger partial charge in [-0.2, -0.15) is 0 Å². The second-order valence-electron chi connectivity index (χ2n) is 29.9. The van der Waals surface area contributed by atoms with Crippen molar-refractivity contribution < 1.29 is 30.6 Å². The minimum Gasteiger partial charge on any atom is -0.507 e. The van der Waals surface area contributed by atoms with Gasteiger partial charge in [0.25, 0.3) is 0 Å². The summed E-state index contributed by atoms with van der Waals surface area (Å²) < 4.78 is 0. The Labute approximate surface area is 632 Å². The van der Waals surface area contributed by atoms with Crippen molar-refractivity contribution >= 4 is 0 Å². The van der Waals surface area contributed by atoms with Crippen molar-refractivity contribution in [2.45, 2.75) is 69.1 Å². The number of aromatic hydroxyl groups is 6. The van der Waals surface area contributed by atoms with E-state index in [1.807, 2.05) is 200 Å². The van der Waals surface area contributed by atoms with Gasteiger partial charge in [0, 0.05) is 55.5 Å². The van der Waals surface area contributed by atoms with Crippen LogP contribution in [0.25, 0.3) is 77.9 Å². The Morgan fingerprint density at radius 2 is 0.639 bits per heavy atom. The number of hydrogen-bond acceptors (Lipinski definition) is 6. The van der Waals surface area contributed by atoms with Crippen LogP contribution in [0.4, 0.5) is 0 Å². The summed E-state index contributed by atoms with van der Waals surface area (Å²) >= 11 is 0. The molecule has 0 spiro atoms. The molecule has 6 aliphatic carbocycles. The fourth-order valence-electron chi connectivity index (χ4n) is 16.8. The van der Waals surface area contributed by atoms with E-state index in [2.05, 4.69) is 173 Å². The second-order valence-corrected chi connectivity index (χ2v) is 29.9. The summed E-state index contributed by atoms with van der Waals surface area (Å²) in [7, 11) is 0. The van der Waals surface area contributed by atoms with Crippen molar-refractivity contribution in [3.05, 3.63) is 419 Å². The standard InChI is InChI=1S/C102H84O6/c1-66(69-27-18-30-80(44-43-69)102(4,85-49-55-96(106)90(62-85)73-23-13-7-14-24-73)86-50-56-97(107)91(63-86)74-25-15-8-16-26-74)99-76-35-31-67(32-36-76)64-100(2,81-45-51-93(103)87(58-81)71-19-9-5-10-20-71)83-47-53-95(105)89(60-83)75-41-39-70(40-42-75)78-28-17-29-79(57-78)92-61-84(48-54-98(92)108)101(3,65-68-33-37-77(99)38-34-68)82-46-52-94(104)88(59-82)72-21-11-6-12-22-72/h5-29,31-63,66,99,103-108H,30,64-65H2,1-4H3. The van der Waals surface area contributed by atoms with Crippen LogP contribution in [-0.2, 0) is 29.1 Å². The Hall–Kier alpha value is -12.9. The van der Waals surface area contributed by atoms with E-state index >= 15 is 0 Å². The zero-order valence-electron chi connectivity index (χ0n) is 60.9. The maximum Gasteiger partial charge on any atom is 0.123 e. The van der Waals surface area contributed by atoms with Crippen molar-refractivity contribution in [3.8, 4) is 112 Å². The maximum absolute atomic E-state index is 12.0. The Kier molecular flexibility index (Phi) is 18.6. The highest BCUT2D eigenvalue weighted by atomic mass is 16.3. The molecule has 14 aromatic carbocycles. The third-order valence-electron chi connectivity index (χ3n) is 23.3. The Morgan fingerprint density at radius 1 is 0.315 bits per heavy atom. The van der Waals surface area contributed by atoms with Crippen molar-refractivity contribution in [1.82, 2.24) is 0 Å². The molecule has 0 aliphatic heterocycles. The molecule has 0 saturated carbocycles. The summed E-state index contributed by atoms with van der Waals surface area (Å²) in [4.78, 5) is 0. The predicted molar refractivity (Wildman–Crippen MR) is 441 cm³/mol. The average molecular weight is 1410 g/mol. The van der Waals surface area contributed by atoms with Gasteiger partial charge in [-0.25, -0.2) is 0 Å². The lowest BCUT2D eigenvalue weighted by Crippen LogP contribution is -2.27. The average Bonchev–Trinajstić information content (AvgIpc) is 0.945. The lowest BCUT2D eigenvalue weighted by Gasteiger charge is -2.35. The lowest BCUT2D eigenvalue weighted by atomic mass is 9.68. The van der Waals surface area contributed by atoms with Gasteiger partial charge in [-0.3, -0.25) is 0 Å². The first-order chi connectivity index (χ1) is 52.5. The normalized spacial score (nSPS) is 16.6. The molecule has 0 fully saturated rings. The summed E-state index contributed by atoms with van der Waals surface area (Å²) in [6.07, 6.45) is 11.0. The SMILES string of the molecule is CC(C1=CC=C(C(C)(c2ccc(O)c(-c3ccccc3)c2)c2ccc(O)c(-c3ccccc3)c2)CC=C1)C1c2ccc(cc2)CC(C)(c2ccc(O)c(-c3ccccc3)c2)c2ccc(O)c(c2)-c2ccc(cc2)-c2cccc(c2)-c2cc(ccc2O)C(C)(c2ccc(O)c(-c3ccccc3)c2)Cc2ccc1cc2. The van der Waals surface area contributed by atoms with E-state index < -0.39 is 16.2 Å². The van der Waals surface area contributed by atoms with Crippen LogP contribution >= 0.6 is 0 Å². The van der Waals surface area contributed by atoms with Gasteiger partial charge in [0.15, 0.2) is 0 Å². The molecule has 4 unspecified atom stereocenters. The first-order valence-corrected chi connectivity index (χ1v) is 37.2. The number of benzene rings is 14. The zero-order valence-corrected chi connectivity index (χ0v) is 60.9. The smallest absolute Gasteiger partial charge is 0.123 e. The molecule has 0 radical (unpaired) electrons. The van der Waals surface area contributed by atoms with Crippen LogP contribution in [0.5, 0.6) is 34.5 Å². The first kappa shape index (κ1) is 69.5. The summed E-state index contributed by atoms with van der Waals surface area (Å²) in [6, 6.07) is 111. The molecule has 12 bridgehead atoms. The number of phenols is 6. The van der Waals surface area contributed by atoms with Gasteiger partial charge in [0.1, 0.15) is 34.5 Å². The van der Waals surface area contributed by atoms with E-state index in [9.17, 15) is 30.6 Å². The van der Waals surface area contributed by atoms with E-state index in [1.54, 1.807) is 6.07 Å². The highest BCUT2D eigenvalue weighted by molar-refractivity contribution is 5.82. The van der Waals surface area contributed by atoms with Crippen LogP contribution in [0, 0.1) is 5.92 Å². The third kappa shape index (κ3) is 13.3. The van der Waals surface area contributed by atoms with E-state index in [0.29, 0.717) is 30.4 Å². The fraction of sp³-hybridized carbons (Fsp3) is 0.118. The highest BCUT2D eigenvalue weighted by Crippen LogP contribution is 2.50. The quantitative estimate of drug-likeness (QED) is 0.0767. The summed E-state index contributed by atoms with van der Waals surface area (Å²) in [5.41, 5.74) is 22.2. The van der Waals surface area contributed by atoms with Crippen molar-refractivity contribution in [1.29, 1.82) is 0 Å². The van der Waals surface area contributed by atoms with Gasteiger partial charge in [-0.1, -0.05) is 299 Å². The van der Waals surface area contributed by atoms with Crippen molar-refractivity contribution in [2.24, 2.45) is 5.92 Å². The maximum atomic E-state index is 12.0. The lowest BCUT2D eigenvalue weighted by molar-refractivity contribution is 0.474. The van der Waals surface area contributed by atoms with Crippen LogP contribution in [0.15, 0.2) is 363 Å². The molecule has 0 heterocycles. The van der Waals surface area contributed by atoms with Gasteiger partial charge in [0.2, 0.25) is 0 Å². The number of phenolic OH excluding ortho intramolecular Hbond substituents is 6. The molecule has 20 rings (SSSR count). The Morgan fingerprint density at radius 3 is 1.03 bits per heavy atom. The number of hydrogen-bond donors (Lipinski definition) is 6. The molecule has 108 heavy (non-hydrogen) atoms. The molecule has 6 aliphatic rings. The highest BCUT2D eigenvalue weighted by Gasteiger charge is 2.37. The molecule has 6 heteroatoms. The van der Waals surface area contributed by atoms with Crippen LogP contribution in [0.3, 0.4) is 0 Å². The Bertz CT molecular complexity index is 5670. The molecule has 14 aromatic rings. The van der Waals surface area contributed by atoms with Crippen LogP contribution in [0.2, 0.25) is 0 Å². The molecule has 528 valence electrons. The van der Waals surface area contributed by atoms with Crippen LogP contribution in [0.1, 0.15) is 95.7 Å². The molecule has 0 aromatic heterocycles. The van der Waals surface area contributed by atoms with E-state index in [0.717, 1.165) is 134 Å². The van der Waals surface area contributed by atoms with Crippen molar-refractivity contribution in [3.63, 3.8) is 0 Å². The fourth-order valence-corrected chi connectivity index (χ4v) is 16.8. The number of allylic oxidation sites excluding steroid dienone is 6. The molecule has 6 N–H and O–H groups in total. The van der Waals surface area contributed by atoms with Gasteiger partial charge < -0.3 is 30.6 Å². The summed E-state index contributed by atoms with van der Waals surface area (Å²) in [5.74, 6) is 0.845. The largest absolute Gasteiger partial charge is 0.507 e. The van der Waals surface area contributed by atoms with E-state index in [4.69, 9.17) is 0 Å². The van der Waals surface area contributed by atoms with Gasteiger partial charge in [-0.15, -0.1) is 0 Å². The number of fused-ring (bicyclic) bond motifs is 1. The van der Waals surface area contributed by atoms with Gasteiger partial charge in [0.05, 0.1) is 0 Å². The predicted octanol–water partition coefficient (Wildman–Crippen LogP) is 24.6. The van der Waals surface area contributed by atoms with Crippen LogP contribution < -0.4 is 0 Å². The zero-order chi connectivity index (χ0) is 74.3. The van der Waals surface area contributed by atoms with Gasteiger partial charge >= 0.3 is 0 Å². The summed E-state index contributed by atoms with van der Waals surface area (Å²) in [5, 5.41) is 70.3. The molecule has 0 amide bonds. The molecular formula is C102H84O6. The topological polar surface area (TPSA) is 121 Å². The third-order valence-corrected chi connectivity index (χ3v) is 23.3. The minimum atomic E-state index is -0.761. The van der Waals surface area contributed by atoms with E-state index in [1.165, 1.54) is 0 Å². The minimum absolute atomic E-state index is 0.0842. The second kappa shape index (κ2) is 28.9. The molecule has 6 nitrogen and oxygen atoms in total. The Balaban J connectivity index is 0.864. The first-order valence-electron chi connectivity index (χ1n) is 37.2. The monoisotopic (exact) mass is 1400 g/mol. The number of rotatable bonds is 11. The molecule has 0 saturated heterocycles. The molecular weight excluding hydrogens is 1320 g/mol.